The number of piperidine rings is 1. The third kappa shape index (κ3) is 4.01. The molecule has 2 aromatic rings. The fraction of sp³-hybridized carbons (Fsp3) is 0.350. The molecule has 1 saturated heterocycles. The standard InChI is InChI=1S/C20H22ClNO/c1-15(23)16-6-8-17(9-7-16)18-10-12-22(13-11-18)14-19-4-2-3-5-20(19)21/h2-9,18H,10-14H2,1H3. The Bertz CT molecular complexity index is 672. The van der Waals surface area contributed by atoms with Crippen molar-refractivity contribution < 1.29 is 4.79 Å². The van der Waals surface area contributed by atoms with Crippen molar-refractivity contribution in [2.45, 2.75) is 32.2 Å². The van der Waals surface area contributed by atoms with E-state index in [4.69, 9.17) is 11.6 Å². The van der Waals surface area contributed by atoms with E-state index in [2.05, 4.69) is 23.1 Å². The molecule has 0 radical (unpaired) electrons. The van der Waals surface area contributed by atoms with Crippen LogP contribution in [0.3, 0.4) is 0 Å². The largest absolute Gasteiger partial charge is 0.299 e. The maximum atomic E-state index is 11.4. The van der Waals surface area contributed by atoms with E-state index in [1.807, 2.05) is 30.3 Å². The number of likely N-dealkylation sites (tertiary alicyclic amines) is 1. The number of carbonyl (C=O) groups excluding carboxylic acids is 1. The zero-order chi connectivity index (χ0) is 16.2. The Morgan fingerprint density at radius 2 is 1.74 bits per heavy atom. The second kappa shape index (κ2) is 7.29. The van der Waals surface area contributed by atoms with Crippen LogP contribution >= 0.6 is 11.6 Å². The molecule has 3 heteroatoms. The smallest absolute Gasteiger partial charge is 0.159 e. The van der Waals surface area contributed by atoms with Gasteiger partial charge in [-0.3, -0.25) is 9.69 Å². The third-order valence-electron chi connectivity index (χ3n) is 4.73. The molecule has 1 aliphatic rings. The van der Waals surface area contributed by atoms with Crippen molar-refractivity contribution in [3.05, 3.63) is 70.2 Å². The number of nitrogens with zero attached hydrogens (tertiary/aromatic N) is 1. The number of hydrogen-bond donors (Lipinski definition) is 0. The van der Waals surface area contributed by atoms with E-state index >= 15 is 0 Å². The van der Waals surface area contributed by atoms with Gasteiger partial charge in [-0.15, -0.1) is 0 Å². The molecule has 2 nitrogen and oxygen atoms in total. The number of Topliss-reactive ketones (excluding diaryl/α,β-unsaturated/α-hetero) is 1. The molecular weight excluding hydrogens is 306 g/mol. The van der Waals surface area contributed by atoms with Crippen LogP contribution in [-0.4, -0.2) is 23.8 Å². The number of halogens is 1. The minimum Gasteiger partial charge on any atom is -0.299 e. The maximum absolute atomic E-state index is 11.4. The van der Waals surface area contributed by atoms with E-state index in [0.29, 0.717) is 5.92 Å². The van der Waals surface area contributed by atoms with E-state index in [0.717, 1.165) is 43.1 Å². The van der Waals surface area contributed by atoms with Crippen molar-refractivity contribution >= 4 is 17.4 Å². The minimum absolute atomic E-state index is 0.131. The third-order valence-corrected chi connectivity index (χ3v) is 5.10. The summed E-state index contributed by atoms with van der Waals surface area (Å²) >= 11 is 6.25. The molecule has 0 unspecified atom stereocenters. The molecule has 0 amide bonds. The predicted octanol–water partition coefficient (Wildman–Crippen LogP) is 4.92. The molecule has 0 atom stereocenters. The fourth-order valence-corrected chi connectivity index (χ4v) is 3.48. The molecule has 0 spiro atoms. The molecule has 2 aromatic carbocycles. The number of carbonyl (C=O) groups is 1. The van der Waals surface area contributed by atoms with Crippen molar-refractivity contribution in [1.82, 2.24) is 4.90 Å². The Morgan fingerprint density at radius 3 is 2.35 bits per heavy atom. The fourth-order valence-electron chi connectivity index (χ4n) is 3.28. The van der Waals surface area contributed by atoms with Gasteiger partial charge < -0.3 is 0 Å². The van der Waals surface area contributed by atoms with Crippen LogP contribution in [0.25, 0.3) is 0 Å². The number of ketones is 1. The van der Waals surface area contributed by atoms with Gasteiger partial charge in [0.05, 0.1) is 0 Å². The van der Waals surface area contributed by atoms with Crippen molar-refractivity contribution in [3.63, 3.8) is 0 Å². The lowest BCUT2D eigenvalue weighted by molar-refractivity contribution is 0.101. The van der Waals surface area contributed by atoms with E-state index in [-0.39, 0.29) is 5.78 Å². The lowest BCUT2D eigenvalue weighted by Crippen LogP contribution is -2.32. The van der Waals surface area contributed by atoms with Crippen LogP contribution in [0.2, 0.25) is 5.02 Å². The zero-order valence-electron chi connectivity index (χ0n) is 13.5. The molecule has 0 N–H and O–H groups in total. The topological polar surface area (TPSA) is 20.3 Å². The first kappa shape index (κ1) is 16.2. The second-order valence-corrected chi connectivity index (χ2v) is 6.73. The maximum Gasteiger partial charge on any atom is 0.159 e. The molecule has 1 fully saturated rings. The first-order chi connectivity index (χ1) is 11.1. The molecule has 3 rings (SSSR count). The van der Waals surface area contributed by atoms with Gasteiger partial charge in [0.1, 0.15) is 0 Å². The summed E-state index contributed by atoms with van der Waals surface area (Å²) in [5.41, 5.74) is 3.36. The summed E-state index contributed by atoms with van der Waals surface area (Å²) in [5.74, 6) is 0.726. The zero-order valence-corrected chi connectivity index (χ0v) is 14.2. The SMILES string of the molecule is CC(=O)c1ccc(C2CCN(Cc3ccccc3Cl)CC2)cc1. The second-order valence-electron chi connectivity index (χ2n) is 6.32. The van der Waals surface area contributed by atoms with Crippen molar-refractivity contribution in [1.29, 1.82) is 0 Å². The van der Waals surface area contributed by atoms with Crippen LogP contribution in [0.15, 0.2) is 48.5 Å². The molecule has 0 bridgehead atoms. The first-order valence-corrected chi connectivity index (χ1v) is 8.58. The predicted molar refractivity (Wildman–Crippen MR) is 95.2 cm³/mol. The Kier molecular flexibility index (Phi) is 5.14. The Hall–Kier alpha value is -1.64. The Labute approximate surface area is 143 Å². The first-order valence-electron chi connectivity index (χ1n) is 8.20. The average molecular weight is 328 g/mol. The summed E-state index contributed by atoms with van der Waals surface area (Å²) in [6.07, 6.45) is 2.31. The summed E-state index contributed by atoms with van der Waals surface area (Å²) < 4.78 is 0. The molecule has 0 aromatic heterocycles. The van der Waals surface area contributed by atoms with Gasteiger partial charge >= 0.3 is 0 Å². The summed E-state index contributed by atoms with van der Waals surface area (Å²) in [4.78, 5) is 13.8. The monoisotopic (exact) mass is 327 g/mol. The number of benzene rings is 2. The minimum atomic E-state index is 0.131. The molecule has 0 saturated carbocycles. The molecule has 23 heavy (non-hydrogen) atoms. The van der Waals surface area contributed by atoms with E-state index in [9.17, 15) is 4.79 Å². The van der Waals surface area contributed by atoms with Crippen LogP contribution in [-0.2, 0) is 6.54 Å². The van der Waals surface area contributed by atoms with Crippen molar-refractivity contribution in [2.24, 2.45) is 0 Å². The molecular formula is C20H22ClNO. The lowest BCUT2D eigenvalue weighted by Gasteiger charge is -2.32. The lowest BCUT2D eigenvalue weighted by atomic mass is 9.88. The van der Waals surface area contributed by atoms with Gasteiger partial charge in [-0.2, -0.15) is 0 Å². The Balaban J connectivity index is 1.58. The molecule has 1 aliphatic heterocycles. The summed E-state index contributed by atoms with van der Waals surface area (Å²) in [5, 5.41) is 0.856. The van der Waals surface area contributed by atoms with Crippen LogP contribution in [0.5, 0.6) is 0 Å². The van der Waals surface area contributed by atoms with Gasteiger partial charge in [-0.05, 0) is 56.0 Å². The Morgan fingerprint density at radius 1 is 1.09 bits per heavy atom. The van der Waals surface area contributed by atoms with Gasteiger partial charge in [0, 0.05) is 17.1 Å². The summed E-state index contributed by atoms with van der Waals surface area (Å²) in [6, 6.07) is 16.2. The molecule has 1 heterocycles. The van der Waals surface area contributed by atoms with Gasteiger partial charge in [0.15, 0.2) is 5.78 Å². The molecule has 0 aliphatic carbocycles. The number of rotatable bonds is 4. The van der Waals surface area contributed by atoms with Crippen LogP contribution in [0, 0.1) is 0 Å². The highest BCUT2D eigenvalue weighted by Crippen LogP contribution is 2.29. The summed E-state index contributed by atoms with van der Waals surface area (Å²) in [7, 11) is 0. The van der Waals surface area contributed by atoms with E-state index in [1.54, 1.807) is 6.92 Å². The molecule has 120 valence electrons. The van der Waals surface area contributed by atoms with Crippen molar-refractivity contribution in [2.75, 3.05) is 13.1 Å². The van der Waals surface area contributed by atoms with Crippen LogP contribution in [0.4, 0.5) is 0 Å². The van der Waals surface area contributed by atoms with E-state index in [1.165, 1.54) is 11.1 Å². The van der Waals surface area contributed by atoms with Crippen LogP contribution < -0.4 is 0 Å². The van der Waals surface area contributed by atoms with Gasteiger partial charge in [0.25, 0.3) is 0 Å². The highest BCUT2D eigenvalue weighted by molar-refractivity contribution is 6.31. The highest BCUT2D eigenvalue weighted by atomic mass is 35.5. The average Bonchev–Trinajstić information content (AvgIpc) is 2.58. The van der Waals surface area contributed by atoms with Crippen LogP contribution in [0.1, 0.15) is 47.2 Å². The number of hydrogen-bond acceptors (Lipinski definition) is 2. The normalized spacial score (nSPS) is 16.4. The highest BCUT2D eigenvalue weighted by Gasteiger charge is 2.21. The van der Waals surface area contributed by atoms with Gasteiger partial charge in [0.2, 0.25) is 0 Å². The van der Waals surface area contributed by atoms with Gasteiger partial charge in [-0.1, -0.05) is 54.1 Å². The quantitative estimate of drug-likeness (QED) is 0.743. The van der Waals surface area contributed by atoms with Crippen molar-refractivity contribution in [3.8, 4) is 0 Å². The van der Waals surface area contributed by atoms with E-state index < -0.39 is 0 Å². The summed E-state index contributed by atoms with van der Waals surface area (Å²) in [6.45, 7) is 4.71. The van der Waals surface area contributed by atoms with Gasteiger partial charge in [-0.25, -0.2) is 0 Å².